The zero-order valence-electron chi connectivity index (χ0n) is 8.71. The number of hydrogen-bond acceptors (Lipinski definition) is 3. The van der Waals surface area contributed by atoms with Crippen LogP contribution in [0.2, 0.25) is 0 Å². The molecule has 1 aromatic carbocycles. The van der Waals surface area contributed by atoms with Crippen LogP contribution >= 0.6 is 0 Å². The van der Waals surface area contributed by atoms with Crippen LogP contribution in [-0.4, -0.2) is 40.4 Å². The van der Waals surface area contributed by atoms with Crippen molar-refractivity contribution in [2.75, 3.05) is 13.2 Å². The van der Waals surface area contributed by atoms with Crippen LogP contribution in [0.3, 0.4) is 0 Å². The Kier molecular flexibility index (Phi) is 3.36. The first-order valence-corrected chi connectivity index (χ1v) is 5.36. The molecule has 1 aliphatic heterocycles. The second-order valence-corrected chi connectivity index (χ2v) is 4.14. The molecular weight excluding hydrogens is 190 g/mol. The second-order valence-electron chi connectivity index (χ2n) is 4.14. The van der Waals surface area contributed by atoms with E-state index in [1.165, 1.54) is 5.56 Å². The van der Waals surface area contributed by atoms with Crippen molar-refractivity contribution in [3.63, 3.8) is 0 Å². The van der Waals surface area contributed by atoms with Gasteiger partial charge in [-0.15, -0.1) is 0 Å². The van der Waals surface area contributed by atoms with Crippen LogP contribution in [0.25, 0.3) is 0 Å². The fourth-order valence-corrected chi connectivity index (χ4v) is 2.16. The Bertz CT molecular complexity index is 302. The standard InChI is InChI=1S/C12H17NO2/c14-9-11-6-12(15)8-13(11)7-10-4-2-1-3-5-10/h1-5,11-12,14-15H,6-9H2/t11-,12+/m1/s1. The molecule has 2 atom stereocenters. The molecule has 0 bridgehead atoms. The Labute approximate surface area is 90.0 Å². The Hall–Kier alpha value is -0.900. The number of benzene rings is 1. The van der Waals surface area contributed by atoms with Crippen molar-refractivity contribution in [1.82, 2.24) is 4.90 Å². The number of hydrogen-bond donors (Lipinski definition) is 2. The van der Waals surface area contributed by atoms with Gasteiger partial charge in [0.15, 0.2) is 0 Å². The van der Waals surface area contributed by atoms with E-state index in [9.17, 15) is 10.2 Å². The van der Waals surface area contributed by atoms with Gasteiger partial charge in [-0.3, -0.25) is 4.90 Å². The molecule has 1 aliphatic rings. The average molecular weight is 207 g/mol. The van der Waals surface area contributed by atoms with Gasteiger partial charge in [0.05, 0.1) is 12.7 Å². The summed E-state index contributed by atoms with van der Waals surface area (Å²) in [5.74, 6) is 0. The molecule has 0 spiro atoms. The van der Waals surface area contributed by atoms with Gasteiger partial charge < -0.3 is 10.2 Å². The lowest BCUT2D eigenvalue weighted by Crippen LogP contribution is -2.31. The topological polar surface area (TPSA) is 43.7 Å². The molecule has 1 saturated heterocycles. The highest BCUT2D eigenvalue weighted by atomic mass is 16.3. The quantitative estimate of drug-likeness (QED) is 0.763. The van der Waals surface area contributed by atoms with Gasteiger partial charge in [0.25, 0.3) is 0 Å². The van der Waals surface area contributed by atoms with E-state index in [0.29, 0.717) is 13.0 Å². The van der Waals surface area contributed by atoms with E-state index in [1.54, 1.807) is 0 Å². The number of β-amino-alcohol motifs (C(OH)–C–C–N with tert-alkyl or cyclic N) is 1. The third-order valence-corrected chi connectivity index (χ3v) is 2.95. The van der Waals surface area contributed by atoms with Crippen LogP contribution in [-0.2, 0) is 6.54 Å². The van der Waals surface area contributed by atoms with Gasteiger partial charge in [0.2, 0.25) is 0 Å². The number of aliphatic hydroxyl groups is 2. The first-order valence-electron chi connectivity index (χ1n) is 5.36. The monoisotopic (exact) mass is 207 g/mol. The lowest BCUT2D eigenvalue weighted by molar-refractivity contribution is 0.150. The molecule has 0 aromatic heterocycles. The van der Waals surface area contributed by atoms with E-state index in [-0.39, 0.29) is 18.8 Å². The molecule has 15 heavy (non-hydrogen) atoms. The molecule has 82 valence electrons. The van der Waals surface area contributed by atoms with Gasteiger partial charge >= 0.3 is 0 Å². The number of nitrogens with zero attached hydrogens (tertiary/aromatic N) is 1. The fourth-order valence-electron chi connectivity index (χ4n) is 2.16. The summed E-state index contributed by atoms with van der Waals surface area (Å²) in [5, 5.41) is 18.7. The van der Waals surface area contributed by atoms with Crippen molar-refractivity contribution in [2.45, 2.75) is 25.1 Å². The molecule has 0 aliphatic carbocycles. The highest BCUT2D eigenvalue weighted by Gasteiger charge is 2.29. The number of likely N-dealkylation sites (tertiary alicyclic amines) is 1. The molecule has 0 unspecified atom stereocenters. The molecular formula is C12H17NO2. The Morgan fingerprint density at radius 3 is 2.67 bits per heavy atom. The maximum absolute atomic E-state index is 9.53. The minimum Gasteiger partial charge on any atom is -0.395 e. The highest BCUT2D eigenvalue weighted by molar-refractivity contribution is 5.15. The summed E-state index contributed by atoms with van der Waals surface area (Å²) >= 11 is 0. The minimum atomic E-state index is -0.286. The lowest BCUT2D eigenvalue weighted by Gasteiger charge is -2.22. The molecule has 3 nitrogen and oxygen atoms in total. The highest BCUT2D eigenvalue weighted by Crippen LogP contribution is 2.19. The number of rotatable bonds is 3. The maximum Gasteiger partial charge on any atom is 0.0683 e. The molecule has 1 heterocycles. The van der Waals surface area contributed by atoms with Crippen LogP contribution < -0.4 is 0 Å². The maximum atomic E-state index is 9.53. The predicted molar refractivity (Wildman–Crippen MR) is 58.3 cm³/mol. The van der Waals surface area contributed by atoms with E-state index in [1.807, 2.05) is 18.2 Å². The van der Waals surface area contributed by atoms with Crippen molar-refractivity contribution in [1.29, 1.82) is 0 Å². The number of aliphatic hydroxyl groups excluding tert-OH is 2. The molecule has 2 rings (SSSR count). The van der Waals surface area contributed by atoms with Crippen molar-refractivity contribution in [2.24, 2.45) is 0 Å². The summed E-state index contributed by atoms with van der Waals surface area (Å²) in [7, 11) is 0. The second kappa shape index (κ2) is 4.75. The van der Waals surface area contributed by atoms with E-state index >= 15 is 0 Å². The third-order valence-electron chi connectivity index (χ3n) is 2.95. The third kappa shape index (κ3) is 2.56. The molecule has 1 fully saturated rings. The Morgan fingerprint density at radius 1 is 1.27 bits per heavy atom. The summed E-state index contributed by atoms with van der Waals surface area (Å²) in [5.41, 5.74) is 1.23. The first kappa shape index (κ1) is 10.6. The summed E-state index contributed by atoms with van der Waals surface area (Å²) < 4.78 is 0. The SMILES string of the molecule is OC[C@H]1C[C@H](O)CN1Cc1ccccc1. The van der Waals surface area contributed by atoms with E-state index < -0.39 is 0 Å². The Morgan fingerprint density at radius 2 is 2.00 bits per heavy atom. The normalized spacial score (nSPS) is 27.1. The van der Waals surface area contributed by atoms with E-state index in [0.717, 1.165) is 6.54 Å². The smallest absolute Gasteiger partial charge is 0.0683 e. The summed E-state index contributed by atoms with van der Waals surface area (Å²) in [6, 6.07) is 10.3. The van der Waals surface area contributed by atoms with E-state index in [4.69, 9.17) is 0 Å². The molecule has 0 saturated carbocycles. The van der Waals surface area contributed by atoms with Crippen LogP contribution in [0.1, 0.15) is 12.0 Å². The van der Waals surface area contributed by atoms with Gasteiger partial charge in [0.1, 0.15) is 0 Å². The molecule has 0 amide bonds. The molecule has 2 N–H and O–H groups in total. The molecule has 3 heteroatoms. The van der Waals surface area contributed by atoms with Crippen LogP contribution in [0.15, 0.2) is 30.3 Å². The summed E-state index contributed by atoms with van der Waals surface area (Å²) in [4.78, 5) is 2.14. The van der Waals surface area contributed by atoms with Crippen molar-refractivity contribution in [3.05, 3.63) is 35.9 Å². The van der Waals surface area contributed by atoms with Crippen molar-refractivity contribution < 1.29 is 10.2 Å². The fraction of sp³-hybridized carbons (Fsp3) is 0.500. The summed E-state index contributed by atoms with van der Waals surface area (Å²) in [6.45, 7) is 1.60. The minimum absolute atomic E-state index is 0.111. The van der Waals surface area contributed by atoms with Gasteiger partial charge in [-0.25, -0.2) is 0 Å². The molecule has 0 radical (unpaired) electrons. The lowest BCUT2D eigenvalue weighted by atomic mass is 10.2. The predicted octanol–water partition coefficient (Wildman–Crippen LogP) is 0.614. The van der Waals surface area contributed by atoms with Crippen LogP contribution in [0, 0.1) is 0 Å². The van der Waals surface area contributed by atoms with Crippen molar-refractivity contribution in [3.8, 4) is 0 Å². The Balaban J connectivity index is 2.00. The first-order chi connectivity index (χ1) is 7.29. The van der Waals surface area contributed by atoms with Crippen molar-refractivity contribution >= 4 is 0 Å². The van der Waals surface area contributed by atoms with Crippen LogP contribution in [0.5, 0.6) is 0 Å². The van der Waals surface area contributed by atoms with Gasteiger partial charge in [-0.05, 0) is 12.0 Å². The zero-order chi connectivity index (χ0) is 10.7. The van der Waals surface area contributed by atoms with Gasteiger partial charge in [-0.2, -0.15) is 0 Å². The summed E-state index contributed by atoms with van der Waals surface area (Å²) in [6.07, 6.45) is 0.398. The van der Waals surface area contributed by atoms with Gasteiger partial charge in [-0.1, -0.05) is 30.3 Å². The van der Waals surface area contributed by atoms with E-state index in [2.05, 4.69) is 17.0 Å². The zero-order valence-corrected chi connectivity index (χ0v) is 8.71. The van der Waals surface area contributed by atoms with Gasteiger partial charge in [0, 0.05) is 19.1 Å². The molecule has 1 aromatic rings. The average Bonchev–Trinajstić information content (AvgIpc) is 2.60. The largest absolute Gasteiger partial charge is 0.395 e. The van der Waals surface area contributed by atoms with Crippen LogP contribution in [0.4, 0.5) is 0 Å².